The van der Waals surface area contributed by atoms with Crippen LogP contribution in [0.2, 0.25) is 0 Å². The topological polar surface area (TPSA) is 101 Å². The van der Waals surface area contributed by atoms with Gasteiger partial charge in [0.2, 0.25) is 5.76 Å². The van der Waals surface area contributed by atoms with Gasteiger partial charge < -0.3 is 14.1 Å². The van der Waals surface area contributed by atoms with Gasteiger partial charge in [-0.05, 0) is 50.2 Å². The number of carbonyl (C=O) groups excluding carboxylic acids is 3. The van der Waals surface area contributed by atoms with Gasteiger partial charge in [0.1, 0.15) is 0 Å². The van der Waals surface area contributed by atoms with Gasteiger partial charge in [-0.3, -0.25) is 20.4 Å². The summed E-state index contributed by atoms with van der Waals surface area (Å²) in [6.07, 6.45) is 1.32. The summed E-state index contributed by atoms with van der Waals surface area (Å²) < 4.78 is 9.60. The lowest BCUT2D eigenvalue weighted by atomic mass is 10.2. The molecule has 138 valence electrons. The number of amides is 2. The summed E-state index contributed by atoms with van der Waals surface area (Å²) in [5.74, 6) is -1.90. The van der Waals surface area contributed by atoms with Crippen LogP contribution in [-0.2, 0) is 9.53 Å². The molecule has 2 rings (SSSR count). The van der Waals surface area contributed by atoms with E-state index in [1.54, 1.807) is 12.1 Å². The van der Waals surface area contributed by atoms with Crippen molar-refractivity contribution in [3.05, 3.63) is 54.0 Å². The molecule has 0 spiro atoms. The van der Waals surface area contributed by atoms with Crippen LogP contribution in [0.15, 0.2) is 47.1 Å². The lowest BCUT2D eigenvalue weighted by Crippen LogP contribution is -2.43. The van der Waals surface area contributed by atoms with Crippen molar-refractivity contribution in [2.45, 2.75) is 13.8 Å². The van der Waals surface area contributed by atoms with Gasteiger partial charge in [-0.15, -0.1) is 0 Å². The van der Waals surface area contributed by atoms with E-state index in [1.807, 2.05) is 12.1 Å². The van der Waals surface area contributed by atoms with Gasteiger partial charge in [0.25, 0.3) is 11.8 Å². The minimum Gasteiger partial charge on any atom is -0.457 e. The Morgan fingerprint density at radius 3 is 2.31 bits per heavy atom. The van der Waals surface area contributed by atoms with Crippen LogP contribution in [0, 0.1) is 0 Å². The molecule has 0 saturated heterocycles. The van der Waals surface area contributed by atoms with Crippen LogP contribution in [0.5, 0.6) is 0 Å². The minimum absolute atomic E-state index is 0.00451. The number of hydrogen-bond acceptors (Lipinski definition) is 6. The van der Waals surface area contributed by atoms with E-state index in [0.29, 0.717) is 5.56 Å². The van der Waals surface area contributed by atoms with Crippen molar-refractivity contribution in [2.75, 3.05) is 24.6 Å². The number of nitrogens with one attached hydrogen (secondary N) is 2. The second kappa shape index (κ2) is 9.26. The number of ether oxygens (including phenoxy) is 1. The SMILES string of the molecule is CCN(CC)c1ccc(C(=O)NNC(=O)COC(=O)c2ccco2)cc1. The van der Waals surface area contributed by atoms with E-state index < -0.39 is 24.4 Å². The number of nitrogens with zero attached hydrogens (tertiary/aromatic N) is 1. The third-order valence-corrected chi connectivity index (χ3v) is 3.63. The van der Waals surface area contributed by atoms with Crippen molar-refractivity contribution in [1.29, 1.82) is 0 Å². The zero-order valence-corrected chi connectivity index (χ0v) is 14.7. The fourth-order valence-electron chi connectivity index (χ4n) is 2.24. The van der Waals surface area contributed by atoms with Crippen LogP contribution in [0.1, 0.15) is 34.8 Å². The molecule has 1 aromatic carbocycles. The maximum Gasteiger partial charge on any atom is 0.374 e. The summed E-state index contributed by atoms with van der Waals surface area (Å²) >= 11 is 0. The van der Waals surface area contributed by atoms with Crippen LogP contribution in [0.25, 0.3) is 0 Å². The molecule has 0 radical (unpaired) electrons. The average molecular weight is 359 g/mol. The fraction of sp³-hybridized carbons (Fsp3) is 0.278. The number of rotatable bonds is 7. The van der Waals surface area contributed by atoms with E-state index in [4.69, 9.17) is 9.15 Å². The molecule has 2 aromatic rings. The van der Waals surface area contributed by atoms with E-state index in [1.165, 1.54) is 18.4 Å². The molecule has 26 heavy (non-hydrogen) atoms. The van der Waals surface area contributed by atoms with Gasteiger partial charge in [-0.25, -0.2) is 4.79 Å². The van der Waals surface area contributed by atoms with Crippen molar-refractivity contribution in [1.82, 2.24) is 10.9 Å². The van der Waals surface area contributed by atoms with Gasteiger partial charge in [0.15, 0.2) is 6.61 Å². The van der Waals surface area contributed by atoms with Gasteiger partial charge in [-0.1, -0.05) is 0 Å². The fourth-order valence-corrected chi connectivity index (χ4v) is 2.24. The number of hydrogen-bond donors (Lipinski definition) is 2. The molecular formula is C18H21N3O5. The van der Waals surface area contributed by atoms with Crippen molar-refractivity contribution in [2.24, 2.45) is 0 Å². The van der Waals surface area contributed by atoms with E-state index in [9.17, 15) is 14.4 Å². The number of esters is 1. The number of hydrazine groups is 1. The predicted molar refractivity (Wildman–Crippen MR) is 94.6 cm³/mol. The zero-order chi connectivity index (χ0) is 18.9. The lowest BCUT2D eigenvalue weighted by molar-refractivity contribution is -0.125. The molecule has 0 bridgehead atoms. The van der Waals surface area contributed by atoms with Crippen LogP contribution in [0.3, 0.4) is 0 Å². The van der Waals surface area contributed by atoms with Crippen molar-refractivity contribution in [3.8, 4) is 0 Å². The Hall–Kier alpha value is -3.29. The summed E-state index contributed by atoms with van der Waals surface area (Å²) in [6.45, 7) is 5.31. The third-order valence-electron chi connectivity index (χ3n) is 3.63. The third kappa shape index (κ3) is 5.10. The zero-order valence-electron chi connectivity index (χ0n) is 14.7. The largest absolute Gasteiger partial charge is 0.457 e. The molecule has 8 heteroatoms. The molecule has 0 aliphatic heterocycles. The molecule has 1 heterocycles. The van der Waals surface area contributed by atoms with E-state index >= 15 is 0 Å². The Morgan fingerprint density at radius 2 is 1.73 bits per heavy atom. The highest BCUT2D eigenvalue weighted by Crippen LogP contribution is 2.14. The summed E-state index contributed by atoms with van der Waals surface area (Å²) in [5, 5.41) is 0. The van der Waals surface area contributed by atoms with Crippen molar-refractivity contribution in [3.63, 3.8) is 0 Å². The molecule has 0 unspecified atom stereocenters. The van der Waals surface area contributed by atoms with Gasteiger partial charge in [0, 0.05) is 24.3 Å². The second-order valence-corrected chi connectivity index (χ2v) is 5.27. The lowest BCUT2D eigenvalue weighted by Gasteiger charge is -2.21. The Morgan fingerprint density at radius 1 is 1.04 bits per heavy atom. The first-order valence-corrected chi connectivity index (χ1v) is 8.20. The van der Waals surface area contributed by atoms with Gasteiger partial charge >= 0.3 is 5.97 Å². The number of furan rings is 1. The molecule has 2 N–H and O–H groups in total. The standard InChI is InChI=1S/C18H21N3O5/c1-3-21(4-2)14-9-7-13(8-10-14)17(23)20-19-16(22)12-26-18(24)15-6-5-11-25-15/h5-11H,3-4,12H2,1-2H3,(H,19,22)(H,20,23). The molecule has 1 aromatic heterocycles. The first-order chi connectivity index (χ1) is 12.5. The van der Waals surface area contributed by atoms with Crippen LogP contribution in [-0.4, -0.2) is 37.5 Å². The highest BCUT2D eigenvalue weighted by molar-refractivity contribution is 5.96. The molecule has 8 nitrogen and oxygen atoms in total. The molecule has 0 fully saturated rings. The quantitative estimate of drug-likeness (QED) is 0.577. The van der Waals surface area contributed by atoms with Crippen molar-refractivity contribution >= 4 is 23.5 Å². The Balaban J connectivity index is 1.78. The average Bonchev–Trinajstić information content (AvgIpc) is 3.20. The van der Waals surface area contributed by atoms with Crippen LogP contribution in [0.4, 0.5) is 5.69 Å². The minimum atomic E-state index is -0.761. The monoisotopic (exact) mass is 359 g/mol. The number of carbonyl (C=O) groups is 3. The van der Waals surface area contributed by atoms with E-state index in [2.05, 4.69) is 29.6 Å². The smallest absolute Gasteiger partial charge is 0.374 e. The summed E-state index contributed by atoms with van der Waals surface area (Å²) in [7, 11) is 0. The summed E-state index contributed by atoms with van der Waals surface area (Å²) in [6, 6.07) is 9.98. The van der Waals surface area contributed by atoms with Crippen LogP contribution >= 0.6 is 0 Å². The van der Waals surface area contributed by atoms with Crippen LogP contribution < -0.4 is 15.8 Å². The normalized spacial score (nSPS) is 10.1. The van der Waals surface area contributed by atoms with E-state index in [0.717, 1.165) is 18.8 Å². The first-order valence-electron chi connectivity index (χ1n) is 8.20. The molecular weight excluding hydrogens is 338 g/mol. The molecule has 0 aliphatic rings. The Labute approximate surface area is 151 Å². The van der Waals surface area contributed by atoms with Crippen molar-refractivity contribution < 1.29 is 23.5 Å². The summed E-state index contributed by atoms with van der Waals surface area (Å²) in [5.41, 5.74) is 5.86. The molecule has 0 saturated carbocycles. The number of anilines is 1. The van der Waals surface area contributed by atoms with E-state index in [-0.39, 0.29) is 5.76 Å². The van der Waals surface area contributed by atoms with Gasteiger partial charge in [-0.2, -0.15) is 0 Å². The highest BCUT2D eigenvalue weighted by Gasteiger charge is 2.13. The molecule has 0 atom stereocenters. The highest BCUT2D eigenvalue weighted by atomic mass is 16.5. The number of benzene rings is 1. The maximum atomic E-state index is 12.0. The second-order valence-electron chi connectivity index (χ2n) is 5.27. The Kier molecular flexibility index (Phi) is 6.78. The Bertz CT molecular complexity index is 737. The maximum absolute atomic E-state index is 12.0. The molecule has 0 aliphatic carbocycles. The van der Waals surface area contributed by atoms with Gasteiger partial charge in [0.05, 0.1) is 6.26 Å². The summed E-state index contributed by atoms with van der Waals surface area (Å²) in [4.78, 5) is 37.3. The molecule has 2 amide bonds. The predicted octanol–water partition coefficient (Wildman–Crippen LogP) is 1.74. The first kappa shape index (κ1) is 19.0.